The molecule has 0 radical (unpaired) electrons. The SMILES string of the molecule is NCCC(O)C1CC2CSC(NC(=O)c3ccccc3)=NC2(c2ccc(F)cc2F)CO1. The Kier molecular flexibility index (Phi) is 6.90. The molecule has 4 atom stereocenters. The van der Waals surface area contributed by atoms with Crippen LogP contribution in [0.4, 0.5) is 8.78 Å². The number of ether oxygens (including phenoxy) is 1. The van der Waals surface area contributed by atoms with Crippen molar-refractivity contribution in [2.24, 2.45) is 16.6 Å². The standard InChI is InChI=1S/C23H25F2N3O3S/c24-16-6-7-17(18(25)11-16)23-13-31-20(19(29)8-9-26)10-15(23)12-32-22(28-23)27-21(30)14-4-2-1-3-5-14/h1-7,11,15,19-20,29H,8-10,12-13,26H2,(H,27,28,30). The maximum absolute atomic E-state index is 14.9. The fourth-order valence-electron chi connectivity index (χ4n) is 4.26. The van der Waals surface area contributed by atoms with Gasteiger partial charge in [0.05, 0.1) is 18.8 Å². The summed E-state index contributed by atoms with van der Waals surface area (Å²) < 4.78 is 34.5. The molecule has 6 nitrogen and oxygen atoms in total. The number of carbonyl (C=O) groups is 1. The molecule has 0 aliphatic carbocycles. The molecule has 0 spiro atoms. The summed E-state index contributed by atoms with van der Waals surface area (Å²) in [6.07, 6.45) is -0.348. The number of aliphatic imine (C=N–C) groups is 1. The molecule has 2 aromatic carbocycles. The van der Waals surface area contributed by atoms with Crippen molar-refractivity contribution in [3.05, 3.63) is 71.3 Å². The number of nitrogens with two attached hydrogens (primary N) is 1. The molecule has 0 bridgehead atoms. The van der Waals surface area contributed by atoms with Gasteiger partial charge in [-0.1, -0.05) is 36.0 Å². The number of nitrogens with one attached hydrogen (secondary N) is 1. The Balaban J connectivity index is 1.67. The maximum atomic E-state index is 14.9. The Morgan fingerprint density at radius 3 is 2.81 bits per heavy atom. The highest BCUT2D eigenvalue weighted by Gasteiger charge is 2.50. The minimum atomic E-state index is -1.14. The lowest BCUT2D eigenvalue weighted by atomic mass is 9.74. The van der Waals surface area contributed by atoms with Crippen LogP contribution in [0.15, 0.2) is 53.5 Å². The van der Waals surface area contributed by atoms with Gasteiger partial charge in [0, 0.05) is 28.9 Å². The first-order chi connectivity index (χ1) is 15.4. The van der Waals surface area contributed by atoms with Gasteiger partial charge in [0.1, 0.15) is 17.2 Å². The molecule has 1 saturated heterocycles. The Hall–Kier alpha value is -2.33. The van der Waals surface area contributed by atoms with Crippen molar-refractivity contribution < 1.29 is 23.4 Å². The quantitative estimate of drug-likeness (QED) is 0.636. The van der Waals surface area contributed by atoms with E-state index in [0.29, 0.717) is 35.9 Å². The molecule has 0 saturated carbocycles. The van der Waals surface area contributed by atoms with Crippen molar-refractivity contribution in [3.63, 3.8) is 0 Å². The van der Waals surface area contributed by atoms with Gasteiger partial charge in [0.2, 0.25) is 0 Å². The molecular formula is C23H25F2N3O3S. The summed E-state index contributed by atoms with van der Waals surface area (Å²) in [7, 11) is 0. The predicted molar refractivity (Wildman–Crippen MR) is 119 cm³/mol. The van der Waals surface area contributed by atoms with E-state index >= 15 is 0 Å². The van der Waals surface area contributed by atoms with Crippen LogP contribution < -0.4 is 11.1 Å². The van der Waals surface area contributed by atoms with Gasteiger partial charge in [-0.15, -0.1) is 0 Å². The first kappa shape index (κ1) is 22.8. The highest BCUT2D eigenvalue weighted by Crippen LogP contribution is 2.47. The van der Waals surface area contributed by atoms with Gasteiger partial charge >= 0.3 is 0 Å². The second kappa shape index (κ2) is 9.66. The third-order valence-corrected chi connectivity index (χ3v) is 7.01. The van der Waals surface area contributed by atoms with Crippen molar-refractivity contribution in [1.29, 1.82) is 0 Å². The van der Waals surface area contributed by atoms with E-state index in [-0.39, 0.29) is 24.0 Å². The zero-order valence-electron chi connectivity index (χ0n) is 17.3. The number of amidine groups is 1. The highest BCUT2D eigenvalue weighted by molar-refractivity contribution is 8.13. The topological polar surface area (TPSA) is 96.9 Å². The van der Waals surface area contributed by atoms with E-state index in [4.69, 9.17) is 15.5 Å². The second-order valence-electron chi connectivity index (χ2n) is 8.02. The molecule has 2 aliphatic heterocycles. The van der Waals surface area contributed by atoms with Gasteiger partial charge in [0.15, 0.2) is 5.17 Å². The molecule has 0 aromatic heterocycles. The van der Waals surface area contributed by atoms with E-state index in [1.54, 1.807) is 24.3 Å². The minimum Gasteiger partial charge on any atom is -0.390 e. The summed E-state index contributed by atoms with van der Waals surface area (Å²) in [6.45, 7) is 0.323. The third-order valence-electron chi connectivity index (χ3n) is 5.98. The zero-order valence-corrected chi connectivity index (χ0v) is 18.2. The monoisotopic (exact) mass is 461 g/mol. The van der Waals surface area contributed by atoms with Crippen LogP contribution in [0.2, 0.25) is 0 Å². The van der Waals surface area contributed by atoms with Crippen LogP contribution in [0, 0.1) is 17.6 Å². The molecule has 2 aromatic rings. The first-order valence-electron chi connectivity index (χ1n) is 10.5. The van der Waals surface area contributed by atoms with E-state index in [9.17, 15) is 18.7 Å². The number of amides is 1. The number of carbonyl (C=O) groups excluding carboxylic acids is 1. The second-order valence-corrected chi connectivity index (χ2v) is 9.03. The van der Waals surface area contributed by atoms with Gasteiger partial charge in [-0.2, -0.15) is 0 Å². The number of hydrogen-bond donors (Lipinski definition) is 3. The summed E-state index contributed by atoms with van der Waals surface area (Å²) in [5.74, 6) is -1.38. The number of halogens is 2. The lowest BCUT2D eigenvalue weighted by Gasteiger charge is -2.47. The average molecular weight is 462 g/mol. The normalized spacial score (nSPS) is 26.1. The lowest BCUT2D eigenvalue weighted by molar-refractivity contribution is -0.109. The predicted octanol–water partition coefficient (Wildman–Crippen LogP) is 2.81. The summed E-state index contributed by atoms with van der Waals surface area (Å²) in [5, 5.41) is 13.5. The smallest absolute Gasteiger partial charge is 0.257 e. The summed E-state index contributed by atoms with van der Waals surface area (Å²) in [4.78, 5) is 17.4. The van der Waals surface area contributed by atoms with Crippen LogP contribution in [0.3, 0.4) is 0 Å². The van der Waals surface area contributed by atoms with Crippen molar-refractivity contribution in [2.45, 2.75) is 30.6 Å². The summed E-state index contributed by atoms with van der Waals surface area (Å²) >= 11 is 1.36. The fourth-order valence-corrected chi connectivity index (χ4v) is 5.43. The van der Waals surface area contributed by atoms with E-state index in [2.05, 4.69) is 5.32 Å². The van der Waals surface area contributed by atoms with E-state index in [0.717, 1.165) is 6.07 Å². The van der Waals surface area contributed by atoms with Crippen molar-refractivity contribution in [2.75, 3.05) is 18.9 Å². The molecule has 4 rings (SSSR count). The van der Waals surface area contributed by atoms with Gasteiger partial charge in [0.25, 0.3) is 5.91 Å². The molecule has 2 aliphatic rings. The van der Waals surface area contributed by atoms with Gasteiger partial charge in [-0.3, -0.25) is 4.79 Å². The number of hydrogen-bond acceptors (Lipinski definition) is 6. The fraction of sp³-hybridized carbons (Fsp3) is 0.391. The van der Waals surface area contributed by atoms with Crippen LogP contribution in [0.5, 0.6) is 0 Å². The van der Waals surface area contributed by atoms with Crippen LogP contribution >= 0.6 is 11.8 Å². The van der Waals surface area contributed by atoms with Crippen molar-refractivity contribution >= 4 is 22.8 Å². The number of rotatable bonds is 5. The van der Waals surface area contributed by atoms with Crippen LogP contribution in [-0.4, -0.2) is 47.3 Å². The van der Waals surface area contributed by atoms with Gasteiger partial charge < -0.3 is 20.9 Å². The molecular weight excluding hydrogens is 436 g/mol. The lowest BCUT2D eigenvalue weighted by Crippen LogP contribution is -2.53. The van der Waals surface area contributed by atoms with Crippen molar-refractivity contribution in [1.82, 2.24) is 5.32 Å². The van der Waals surface area contributed by atoms with E-state index in [1.165, 1.54) is 23.9 Å². The molecule has 32 heavy (non-hydrogen) atoms. The van der Waals surface area contributed by atoms with Crippen LogP contribution in [0.1, 0.15) is 28.8 Å². The highest BCUT2D eigenvalue weighted by atomic mass is 32.2. The number of fused-ring (bicyclic) bond motifs is 1. The minimum absolute atomic E-state index is 0.00220. The van der Waals surface area contributed by atoms with Gasteiger partial charge in [-0.05, 0) is 37.6 Å². The number of thioether (sulfide) groups is 1. The number of aliphatic hydroxyl groups is 1. The Morgan fingerprint density at radius 2 is 2.09 bits per heavy atom. The summed E-state index contributed by atoms with van der Waals surface area (Å²) in [6, 6.07) is 12.1. The molecule has 4 unspecified atom stereocenters. The number of benzene rings is 2. The van der Waals surface area contributed by atoms with E-state index < -0.39 is 29.4 Å². The van der Waals surface area contributed by atoms with Gasteiger partial charge in [-0.25, -0.2) is 13.8 Å². The molecule has 9 heteroatoms. The third kappa shape index (κ3) is 4.56. The number of aliphatic hydroxyl groups excluding tert-OH is 1. The first-order valence-corrected chi connectivity index (χ1v) is 11.5. The number of nitrogens with zero attached hydrogens (tertiary/aromatic N) is 1. The molecule has 2 heterocycles. The Bertz CT molecular complexity index is 1010. The summed E-state index contributed by atoms with van der Waals surface area (Å²) in [5.41, 5.74) is 5.11. The molecule has 4 N–H and O–H groups in total. The largest absolute Gasteiger partial charge is 0.390 e. The molecule has 1 amide bonds. The Labute approximate surface area is 189 Å². The van der Waals surface area contributed by atoms with Crippen LogP contribution in [-0.2, 0) is 10.3 Å². The molecule has 170 valence electrons. The average Bonchev–Trinajstić information content (AvgIpc) is 2.79. The van der Waals surface area contributed by atoms with E-state index in [1.807, 2.05) is 6.07 Å². The Morgan fingerprint density at radius 1 is 1.31 bits per heavy atom. The van der Waals surface area contributed by atoms with Crippen LogP contribution in [0.25, 0.3) is 0 Å². The van der Waals surface area contributed by atoms with Crippen molar-refractivity contribution in [3.8, 4) is 0 Å². The maximum Gasteiger partial charge on any atom is 0.257 e. The zero-order chi connectivity index (χ0) is 22.7. The molecule has 1 fully saturated rings.